The van der Waals surface area contributed by atoms with Gasteiger partial charge in [0, 0.05) is 0 Å². The average molecular weight is 417 g/mol. The molecule has 4 heteroatoms. The quantitative estimate of drug-likeness (QED) is 0.331. The maximum atomic E-state index is 9.59. The zero-order valence-electron chi connectivity index (χ0n) is 17.9. The van der Waals surface area contributed by atoms with Crippen LogP contribution < -0.4 is 9.47 Å². The predicted molar refractivity (Wildman–Crippen MR) is 125 cm³/mol. The summed E-state index contributed by atoms with van der Waals surface area (Å²) in [6.07, 6.45) is 3.10. The van der Waals surface area contributed by atoms with E-state index in [4.69, 9.17) is 9.47 Å². The van der Waals surface area contributed by atoms with Crippen molar-refractivity contribution in [1.82, 2.24) is 0 Å². The number of rotatable bonds is 8. The van der Waals surface area contributed by atoms with Crippen LogP contribution in [-0.2, 0) is 0 Å². The summed E-state index contributed by atoms with van der Waals surface area (Å²) in [4.78, 5) is 0. The number of fused-ring (bicyclic) bond motifs is 2. The van der Waals surface area contributed by atoms with E-state index in [1.165, 1.54) is 0 Å². The minimum Gasteiger partial charge on any atom is -0.508 e. The van der Waals surface area contributed by atoms with E-state index in [-0.39, 0.29) is 23.7 Å². The molecule has 0 aliphatic rings. The molecule has 2 atom stereocenters. The van der Waals surface area contributed by atoms with E-state index >= 15 is 0 Å². The third kappa shape index (κ3) is 5.40. The van der Waals surface area contributed by atoms with Gasteiger partial charge in [-0.2, -0.15) is 0 Å². The van der Waals surface area contributed by atoms with Gasteiger partial charge in [0.05, 0.1) is 12.2 Å². The minimum atomic E-state index is 0.107. The molecular formula is C27H28O4. The molecule has 0 heterocycles. The number of hydrogen-bond acceptors (Lipinski definition) is 4. The van der Waals surface area contributed by atoms with Crippen LogP contribution >= 0.6 is 0 Å². The highest BCUT2D eigenvalue weighted by Crippen LogP contribution is 2.27. The summed E-state index contributed by atoms with van der Waals surface area (Å²) in [6, 6.07) is 22.5. The average Bonchev–Trinajstić information content (AvgIpc) is 2.74. The van der Waals surface area contributed by atoms with E-state index in [2.05, 4.69) is 13.8 Å². The van der Waals surface area contributed by atoms with E-state index in [9.17, 15) is 10.2 Å². The first-order chi connectivity index (χ1) is 15.0. The fourth-order valence-electron chi connectivity index (χ4n) is 3.84. The van der Waals surface area contributed by atoms with E-state index in [1.807, 2.05) is 48.5 Å². The Kier molecular flexibility index (Phi) is 6.17. The second-order valence-electron chi connectivity index (χ2n) is 8.17. The molecule has 4 nitrogen and oxygen atoms in total. The van der Waals surface area contributed by atoms with Gasteiger partial charge in [-0.15, -0.1) is 0 Å². The Balaban J connectivity index is 1.25. The zero-order valence-corrected chi connectivity index (χ0v) is 17.9. The van der Waals surface area contributed by atoms with Crippen LogP contribution in [0.3, 0.4) is 0 Å². The largest absolute Gasteiger partial charge is 0.508 e. The zero-order chi connectivity index (χ0) is 21.8. The molecule has 0 saturated heterocycles. The van der Waals surface area contributed by atoms with Crippen molar-refractivity contribution in [3.63, 3.8) is 0 Å². The van der Waals surface area contributed by atoms with Gasteiger partial charge >= 0.3 is 0 Å². The van der Waals surface area contributed by atoms with E-state index < -0.39 is 0 Å². The molecule has 2 N–H and O–H groups in total. The number of hydrogen-bond donors (Lipinski definition) is 2. The Morgan fingerprint density at radius 2 is 0.968 bits per heavy atom. The maximum Gasteiger partial charge on any atom is 0.120 e. The SMILES string of the molecule is CC(CCCC(C)Oc1ccc2cc(O)ccc2c1)Oc1ccc2cc(O)ccc2c1. The third-order valence-corrected chi connectivity index (χ3v) is 5.49. The lowest BCUT2D eigenvalue weighted by Gasteiger charge is -2.18. The standard InChI is InChI=1S/C27H28O4/c1-18(30-26-12-8-20-14-24(28)10-6-22(20)16-26)4-3-5-19(2)31-27-13-9-21-15-25(29)11-7-23(21)17-27/h6-19,28-29H,3-5H2,1-2H3. The Labute approximate surface area is 182 Å². The highest BCUT2D eigenvalue weighted by Gasteiger charge is 2.09. The fraction of sp³-hybridized carbons (Fsp3) is 0.259. The lowest BCUT2D eigenvalue weighted by molar-refractivity contribution is 0.179. The Bertz CT molecular complexity index is 1090. The van der Waals surface area contributed by atoms with Crippen LogP contribution in [-0.4, -0.2) is 22.4 Å². The molecule has 0 saturated carbocycles. The summed E-state index contributed by atoms with van der Waals surface area (Å²) in [5.74, 6) is 2.23. The molecule has 0 aliphatic heterocycles. The van der Waals surface area contributed by atoms with E-state index in [1.54, 1.807) is 24.3 Å². The summed E-state index contributed by atoms with van der Waals surface area (Å²) >= 11 is 0. The van der Waals surface area contributed by atoms with Crippen LogP contribution in [0.4, 0.5) is 0 Å². The van der Waals surface area contributed by atoms with Crippen LogP contribution in [0.15, 0.2) is 72.8 Å². The van der Waals surface area contributed by atoms with Crippen molar-refractivity contribution in [2.75, 3.05) is 0 Å². The van der Waals surface area contributed by atoms with Gasteiger partial charge in [0.2, 0.25) is 0 Å². The second kappa shape index (κ2) is 9.17. The van der Waals surface area contributed by atoms with Crippen molar-refractivity contribution >= 4 is 21.5 Å². The lowest BCUT2D eigenvalue weighted by atomic mass is 10.1. The van der Waals surface area contributed by atoms with Gasteiger partial charge in [-0.05, 0) is 103 Å². The molecule has 0 radical (unpaired) electrons. The molecule has 0 bridgehead atoms. The van der Waals surface area contributed by atoms with Crippen LogP contribution in [0, 0.1) is 0 Å². The summed E-state index contributed by atoms with van der Waals surface area (Å²) in [6.45, 7) is 4.18. The molecule has 0 aliphatic carbocycles. The molecule has 0 aromatic heterocycles. The highest BCUT2D eigenvalue weighted by atomic mass is 16.5. The van der Waals surface area contributed by atoms with Gasteiger partial charge < -0.3 is 19.7 Å². The maximum absolute atomic E-state index is 9.59. The van der Waals surface area contributed by atoms with Gasteiger partial charge in [-0.1, -0.05) is 24.3 Å². The molecule has 31 heavy (non-hydrogen) atoms. The van der Waals surface area contributed by atoms with Crippen molar-refractivity contribution < 1.29 is 19.7 Å². The molecule has 4 rings (SSSR count). The number of phenols is 2. The monoisotopic (exact) mass is 416 g/mol. The molecular weight excluding hydrogens is 388 g/mol. The van der Waals surface area contributed by atoms with E-state index in [0.717, 1.165) is 52.3 Å². The Morgan fingerprint density at radius 3 is 1.42 bits per heavy atom. The van der Waals surface area contributed by atoms with Gasteiger partial charge in [-0.3, -0.25) is 0 Å². The first-order valence-corrected chi connectivity index (χ1v) is 10.8. The van der Waals surface area contributed by atoms with Gasteiger partial charge in [0.25, 0.3) is 0 Å². The van der Waals surface area contributed by atoms with Gasteiger partial charge in [0.1, 0.15) is 23.0 Å². The smallest absolute Gasteiger partial charge is 0.120 e. The molecule has 0 fully saturated rings. The molecule has 160 valence electrons. The highest BCUT2D eigenvalue weighted by molar-refractivity contribution is 5.85. The second-order valence-corrected chi connectivity index (χ2v) is 8.17. The number of phenolic OH excluding ortho intramolecular Hbond substituents is 2. The van der Waals surface area contributed by atoms with Gasteiger partial charge in [0.15, 0.2) is 0 Å². The topological polar surface area (TPSA) is 58.9 Å². The van der Waals surface area contributed by atoms with Crippen LogP contribution in [0.1, 0.15) is 33.1 Å². The molecule has 4 aromatic carbocycles. The summed E-state index contributed by atoms with van der Waals surface area (Å²) in [5.41, 5.74) is 0. The third-order valence-electron chi connectivity index (χ3n) is 5.49. The van der Waals surface area contributed by atoms with Crippen molar-refractivity contribution in [3.05, 3.63) is 72.8 Å². The molecule has 0 amide bonds. The fourth-order valence-corrected chi connectivity index (χ4v) is 3.84. The van der Waals surface area contributed by atoms with Crippen LogP contribution in [0.5, 0.6) is 23.0 Å². The normalized spacial score (nSPS) is 13.2. The number of ether oxygens (including phenoxy) is 2. The van der Waals surface area contributed by atoms with Crippen LogP contribution in [0.25, 0.3) is 21.5 Å². The first-order valence-electron chi connectivity index (χ1n) is 10.8. The molecule has 2 unspecified atom stereocenters. The molecule has 0 spiro atoms. The number of benzene rings is 4. The summed E-state index contributed by atoms with van der Waals surface area (Å²) < 4.78 is 12.2. The van der Waals surface area contributed by atoms with E-state index in [0.29, 0.717) is 0 Å². The van der Waals surface area contributed by atoms with Crippen molar-refractivity contribution in [2.45, 2.75) is 45.3 Å². The summed E-state index contributed by atoms with van der Waals surface area (Å²) in [7, 11) is 0. The number of aromatic hydroxyl groups is 2. The van der Waals surface area contributed by atoms with Crippen molar-refractivity contribution in [1.29, 1.82) is 0 Å². The predicted octanol–water partition coefficient (Wildman–Crippen LogP) is 6.81. The first kappa shape index (κ1) is 20.9. The van der Waals surface area contributed by atoms with Crippen molar-refractivity contribution in [2.24, 2.45) is 0 Å². The summed E-state index contributed by atoms with van der Waals surface area (Å²) in [5, 5.41) is 23.3. The minimum absolute atomic E-state index is 0.107. The Hall–Kier alpha value is -3.40. The Morgan fingerprint density at radius 1 is 0.581 bits per heavy atom. The lowest BCUT2D eigenvalue weighted by Crippen LogP contribution is -2.15. The molecule has 4 aromatic rings. The van der Waals surface area contributed by atoms with Gasteiger partial charge in [-0.25, -0.2) is 0 Å². The van der Waals surface area contributed by atoms with Crippen LogP contribution in [0.2, 0.25) is 0 Å². The van der Waals surface area contributed by atoms with Crippen molar-refractivity contribution in [3.8, 4) is 23.0 Å².